The van der Waals surface area contributed by atoms with E-state index in [0.29, 0.717) is 34.1 Å². The molecule has 0 aliphatic heterocycles. The number of hydrogen-bond donors (Lipinski definition) is 1. The smallest absolute Gasteiger partial charge is 0.343 e. The van der Waals surface area contributed by atoms with Crippen molar-refractivity contribution in [3.05, 3.63) is 95.1 Å². The van der Waals surface area contributed by atoms with Crippen LogP contribution in [-0.4, -0.2) is 39.4 Å². The number of fused-ring (bicyclic) bond motifs is 1. The highest BCUT2D eigenvalue weighted by Gasteiger charge is 2.17. The van der Waals surface area contributed by atoms with Gasteiger partial charge in [0.05, 0.1) is 33.1 Å². The largest absolute Gasteiger partial charge is 0.493 e. The molecule has 0 bridgehead atoms. The van der Waals surface area contributed by atoms with Crippen molar-refractivity contribution in [1.29, 1.82) is 0 Å². The lowest BCUT2D eigenvalue weighted by molar-refractivity contribution is 0.0734. The SMILES string of the molecule is COc1cc(C(=O)N/N=C\c2c(OC(=O)c3ccc(C)cc3)ccc3ccccc23)cc(OC)c1OC. The zero-order valence-corrected chi connectivity index (χ0v) is 20.9. The molecular formula is C29H26N2O6. The van der Waals surface area contributed by atoms with Crippen LogP contribution in [0.25, 0.3) is 10.8 Å². The quantitative estimate of drug-likeness (QED) is 0.156. The first-order valence-corrected chi connectivity index (χ1v) is 11.4. The number of rotatable bonds is 8. The van der Waals surface area contributed by atoms with E-state index in [-0.39, 0.29) is 5.56 Å². The summed E-state index contributed by atoms with van der Waals surface area (Å²) in [4.78, 5) is 25.6. The maximum Gasteiger partial charge on any atom is 0.343 e. The number of hydrazone groups is 1. The third-order valence-corrected chi connectivity index (χ3v) is 5.71. The first-order chi connectivity index (χ1) is 17.9. The molecule has 0 unspecified atom stereocenters. The van der Waals surface area contributed by atoms with E-state index < -0.39 is 11.9 Å². The van der Waals surface area contributed by atoms with E-state index >= 15 is 0 Å². The monoisotopic (exact) mass is 498 g/mol. The Morgan fingerprint density at radius 3 is 2.11 bits per heavy atom. The van der Waals surface area contributed by atoms with E-state index in [4.69, 9.17) is 18.9 Å². The highest BCUT2D eigenvalue weighted by atomic mass is 16.5. The minimum atomic E-state index is -0.494. The minimum absolute atomic E-state index is 0.260. The number of nitrogens with one attached hydrogen (secondary N) is 1. The van der Waals surface area contributed by atoms with Gasteiger partial charge in [-0.25, -0.2) is 10.2 Å². The summed E-state index contributed by atoms with van der Waals surface area (Å²) in [5.41, 5.74) is 4.78. The van der Waals surface area contributed by atoms with Crippen molar-refractivity contribution in [3.8, 4) is 23.0 Å². The van der Waals surface area contributed by atoms with Gasteiger partial charge in [-0.05, 0) is 48.0 Å². The Kier molecular flexibility index (Phi) is 7.68. The zero-order valence-electron chi connectivity index (χ0n) is 20.9. The molecule has 188 valence electrons. The summed E-state index contributed by atoms with van der Waals surface area (Å²) in [6.07, 6.45) is 1.45. The summed E-state index contributed by atoms with van der Waals surface area (Å²) in [6, 6.07) is 21.3. The molecule has 8 heteroatoms. The van der Waals surface area contributed by atoms with Gasteiger partial charge in [0.25, 0.3) is 5.91 Å². The minimum Gasteiger partial charge on any atom is -0.493 e. The molecule has 0 heterocycles. The fourth-order valence-corrected chi connectivity index (χ4v) is 3.78. The first kappa shape index (κ1) is 25.2. The van der Waals surface area contributed by atoms with Crippen LogP contribution in [0.15, 0.2) is 77.9 Å². The number of carbonyl (C=O) groups excluding carboxylic acids is 2. The van der Waals surface area contributed by atoms with Gasteiger partial charge in [0.15, 0.2) is 11.5 Å². The topological polar surface area (TPSA) is 95.5 Å². The first-order valence-electron chi connectivity index (χ1n) is 11.4. The fourth-order valence-electron chi connectivity index (χ4n) is 3.78. The van der Waals surface area contributed by atoms with Crippen molar-refractivity contribution >= 4 is 28.9 Å². The van der Waals surface area contributed by atoms with Crippen molar-refractivity contribution in [2.24, 2.45) is 5.10 Å². The summed E-state index contributed by atoms with van der Waals surface area (Å²) < 4.78 is 21.7. The van der Waals surface area contributed by atoms with Crippen LogP contribution in [0.2, 0.25) is 0 Å². The number of nitrogens with zero attached hydrogens (tertiary/aromatic N) is 1. The molecule has 4 aromatic rings. The number of methoxy groups -OCH3 is 3. The van der Waals surface area contributed by atoms with Gasteiger partial charge in [-0.1, -0.05) is 48.0 Å². The molecular weight excluding hydrogens is 472 g/mol. The number of carbonyl (C=O) groups is 2. The van der Waals surface area contributed by atoms with Crippen molar-refractivity contribution < 1.29 is 28.5 Å². The zero-order chi connectivity index (χ0) is 26.4. The molecule has 0 fully saturated rings. The van der Waals surface area contributed by atoms with Crippen LogP contribution < -0.4 is 24.4 Å². The van der Waals surface area contributed by atoms with E-state index in [1.54, 1.807) is 18.2 Å². The molecule has 0 saturated heterocycles. The molecule has 0 spiro atoms. The van der Waals surface area contributed by atoms with Crippen LogP contribution in [0, 0.1) is 6.92 Å². The summed E-state index contributed by atoms with van der Waals surface area (Å²) in [6.45, 7) is 1.94. The van der Waals surface area contributed by atoms with Crippen LogP contribution in [0.1, 0.15) is 31.8 Å². The number of ether oxygens (including phenoxy) is 4. The highest BCUT2D eigenvalue weighted by molar-refractivity contribution is 6.04. The maximum absolute atomic E-state index is 12.8. The van der Waals surface area contributed by atoms with Gasteiger partial charge in [0.1, 0.15) is 5.75 Å². The van der Waals surface area contributed by atoms with Gasteiger partial charge in [0, 0.05) is 11.1 Å². The van der Waals surface area contributed by atoms with Gasteiger partial charge in [-0.15, -0.1) is 0 Å². The average Bonchev–Trinajstić information content (AvgIpc) is 2.93. The van der Waals surface area contributed by atoms with Gasteiger partial charge in [-0.3, -0.25) is 4.79 Å². The Morgan fingerprint density at radius 2 is 1.46 bits per heavy atom. The second kappa shape index (κ2) is 11.3. The second-order valence-electron chi connectivity index (χ2n) is 8.07. The fraction of sp³-hybridized carbons (Fsp3) is 0.138. The van der Waals surface area contributed by atoms with Crippen molar-refractivity contribution in [1.82, 2.24) is 5.43 Å². The van der Waals surface area contributed by atoms with Gasteiger partial charge in [-0.2, -0.15) is 5.10 Å². The third-order valence-electron chi connectivity index (χ3n) is 5.71. The lowest BCUT2D eigenvalue weighted by Crippen LogP contribution is -2.18. The number of amides is 1. The normalized spacial score (nSPS) is 10.8. The Balaban J connectivity index is 1.62. The summed E-state index contributed by atoms with van der Waals surface area (Å²) in [5, 5.41) is 5.88. The Bertz CT molecular complexity index is 1450. The molecule has 8 nitrogen and oxygen atoms in total. The molecule has 4 rings (SSSR count). The molecule has 0 aliphatic rings. The van der Waals surface area contributed by atoms with Gasteiger partial charge < -0.3 is 18.9 Å². The molecule has 0 saturated carbocycles. The van der Waals surface area contributed by atoms with Crippen LogP contribution in [0.5, 0.6) is 23.0 Å². The molecule has 1 amide bonds. The second-order valence-corrected chi connectivity index (χ2v) is 8.07. The predicted molar refractivity (Wildman–Crippen MR) is 141 cm³/mol. The lowest BCUT2D eigenvalue weighted by atomic mass is 10.0. The third kappa shape index (κ3) is 5.54. The van der Waals surface area contributed by atoms with Crippen molar-refractivity contribution in [3.63, 3.8) is 0 Å². The number of esters is 1. The van der Waals surface area contributed by atoms with Crippen LogP contribution >= 0.6 is 0 Å². The van der Waals surface area contributed by atoms with Crippen molar-refractivity contribution in [2.75, 3.05) is 21.3 Å². The molecule has 4 aromatic carbocycles. The van der Waals surface area contributed by atoms with Crippen LogP contribution in [0.3, 0.4) is 0 Å². The van der Waals surface area contributed by atoms with E-state index in [1.807, 2.05) is 49.4 Å². The Hall–Kier alpha value is -4.85. The molecule has 1 N–H and O–H groups in total. The number of benzene rings is 4. The number of aryl methyl sites for hydroxylation is 1. The standard InChI is InChI=1S/C29H26N2O6/c1-18-9-11-20(12-10-18)29(33)37-24-14-13-19-7-5-6-8-22(19)23(24)17-30-31-28(32)21-15-25(34-2)27(36-4)26(16-21)35-3/h5-17H,1-4H3,(H,31,32)/b30-17-. The predicted octanol–water partition coefficient (Wildman–Crippen LogP) is 5.16. The van der Waals surface area contributed by atoms with Crippen molar-refractivity contribution in [2.45, 2.75) is 6.92 Å². The van der Waals surface area contributed by atoms with E-state index in [0.717, 1.165) is 16.3 Å². The lowest BCUT2D eigenvalue weighted by Gasteiger charge is -2.13. The van der Waals surface area contributed by atoms with E-state index in [2.05, 4.69) is 10.5 Å². The Labute approximate surface area is 214 Å². The molecule has 37 heavy (non-hydrogen) atoms. The highest BCUT2D eigenvalue weighted by Crippen LogP contribution is 2.38. The van der Waals surface area contributed by atoms with Gasteiger partial charge in [0.2, 0.25) is 5.75 Å². The molecule has 0 aromatic heterocycles. The van der Waals surface area contributed by atoms with Crippen LogP contribution in [0.4, 0.5) is 0 Å². The maximum atomic E-state index is 12.8. The summed E-state index contributed by atoms with van der Waals surface area (Å²) in [5.74, 6) is 0.391. The van der Waals surface area contributed by atoms with E-state index in [9.17, 15) is 9.59 Å². The average molecular weight is 499 g/mol. The summed E-state index contributed by atoms with van der Waals surface area (Å²) in [7, 11) is 4.42. The Morgan fingerprint density at radius 1 is 0.784 bits per heavy atom. The molecule has 0 atom stereocenters. The van der Waals surface area contributed by atoms with Gasteiger partial charge >= 0.3 is 5.97 Å². The van der Waals surface area contributed by atoms with Crippen LogP contribution in [-0.2, 0) is 0 Å². The molecule has 0 radical (unpaired) electrons. The number of hydrogen-bond acceptors (Lipinski definition) is 7. The van der Waals surface area contributed by atoms with E-state index in [1.165, 1.54) is 39.7 Å². The molecule has 0 aliphatic carbocycles. The summed E-state index contributed by atoms with van der Waals surface area (Å²) >= 11 is 0.